The van der Waals surface area contributed by atoms with Gasteiger partial charge in [-0.25, -0.2) is 0 Å². The van der Waals surface area contributed by atoms with Crippen LogP contribution in [0.25, 0.3) is 0 Å². The van der Waals surface area contributed by atoms with E-state index in [4.69, 9.17) is 9.05 Å². The van der Waals surface area contributed by atoms with Gasteiger partial charge in [-0.1, -0.05) is 172 Å². The van der Waals surface area contributed by atoms with Gasteiger partial charge >= 0.3 is 0 Å². The first-order valence-corrected chi connectivity index (χ1v) is 25.0. The van der Waals surface area contributed by atoms with Crippen LogP contribution in [0.15, 0.2) is 48.6 Å². The molecule has 0 bridgehead atoms. The Bertz CT molecular complexity index is 1070. The molecule has 1 amide bonds. The fourth-order valence-electron chi connectivity index (χ4n) is 6.47. The number of aliphatic hydroxyl groups is 1. The number of quaternary nitrogens is 1. The van der Waals surface area contributed by atoms with Crippen LogP contribution in [0.3, 0.4) is 0 Å². The van der Waals surface area contributed by atoms with Gasteiger partial charge in [-0.2, -0.15) is 0 Å². The van der Waals surface area contributed by atoms with E-state index in [1.807, 2.05) is 27.2 Å². The van der Waals surface area contributed by atoms with E-state index >= 15 is 0 Å². The summed E-state index contributed by atoms with van der Waals surface area (Å²) in [5.41, 5.74) is 0. The monoisotopic (exact) mass is 823 g/mol. The lowest BCUT2D eigenvalue weighted by Crippen LogP contribution is -2.45. The van der Waals surface area contributed by atoms with Crippen molar-refractivity contribution in [1.82, 2.24) is 5.32 Å². The van der Waals surface area contributed by atoms with Gasteiger partial charge in [0.25, 0.3) is 7.82 Å². The van der Waals surface area contributed by atoms with Crippen LogP contribution >= 0.6 is 7.82 Å². The highest BCUT2D eigenvalue weighted by atomic mass is 31.2. The minimum atomic E-state index is -4.60. The largest absolute Gasteiger partial charge is 0.756 e. The van der Waals surface area contributed by atoms with Crippen molar-refractivity contribution in [3.05, 3.63) is 48.6 Å². The molecule has 0 heterocycles. The van der Waals surface area contributed by atoms with E-state index in [1.54, 1.807) is 6.08 Å². The lowest BCUT2D eigenvalue weighted by atomic mass is 10.0. The number of allylic oxidation sites excluding steroid dienone is 7. The van der Waals surface area contributed by atoms with Gasteiger partial charge in [-0.05, 0) is 70.6 Å². The summed E-state index contributed by atoms with van der Waals surface area (Å²) in [5.74, 6) is -0.218. The number of carbonyl (C=O) groups excluding carboxylic acids is 1. The zero-order chi connectivity index (χ0) is 42.1. The van der Waals surface area contributed by atoms with Crippen molar-refractivity contribution in [3.63, 3.8) is 0 Å². The highest BCUT2D eigenvalue weighted by molar-refractivity contribution is 7.45. The summed E-state index contributed by atoms with van der Waals surface area (Å²) in [4.78, 5) is 25.3. The quantitative estimate of drug-likeness (QED) is 0.0275. The molecule has 9 heteroatoms. The molecule has 0 saturated carbocycles. The third-order valence-corrected chi connectivity index (χ3v) is 11.2. The first-order chi connectivity index (χ1) is 27.5. The van der Waals surface area contributed by atoms with Gasteiger partial charge in [-0.15, -0.1) is 0 Å². The highest BCUT2D eigenvalue weighted by Gasteiger charge is 2.23. The molecule has 0 aliphatic carbocycles. The summed E-state index contributed by atoms with van der Waals surface area (Å²) in [5, 5.41) is 13.7. The number of unbranched alkanes of at least 4 members (excludes halogenated alkanes) is 23. The molecule has 8 nitrogen and oxygen atoms in total. The minimum Gasteiger partial charge on any atom is -0.756 e. The number of phosphoric ester groups is 1. The lowest BCUT2D eigenvalue weighted by Gasteiger charge is -2.29. The van der Waals surface area contributed by atoms with Crippen molar-refractivity contribution in [2.45, 2.75) is 212 Å². The minimum absolute atomic E-state index is 0.0108. The Balaban J connectivity index is 4.36. The standard InChI is InChI=1S/C48H91N2O6P/c1-6-8-10-12-14-16-18-20-21-22-23-24-25-26-27-28-30-32-34-36-38-40-42-48(52)49-46(45-56-57(53,54)55-44-43-50(3,4)5)47(51)41-39-37-35-33-31-29-19-17-15-13-11-9-7-2/h15,17,25-26,31,33,39,41,46-47,51H,6-14,16,18-24,27-30,32,34-38,40,42-45H2,1-5H3,(H-,49,52,53,54)/b17-15+,26-25-,33-31+,41-39+. The fraction of sp³-hybridized carbons (Fsp3) is 0.812. The second-order valence-corrected chi connectivity index (χ2v) is 18.5. The van der Waals surface area contributed by atoms with E-state index in [-0.39, 0.29) is 12.5 Å². The van der Waals surface area contributed by atoms with Crippen LogP contribution < -0.4 is 10.2 Å². The molecule has 0 aliphatic heterocycles. The number of nitrogens with one attached hydrogen (secondary N) is 1. The maximum atomic E-state index is 12.9. The van der Waals surface area contributed by atoms with Gasteiger partial charge in [0.15, 0.2) is 0 Å². The topological polar surface area (TPSA) is 108 Å². The summed E-state index contributed by atoms with van der Waals surface area (Å²) in [6.07, 6.45) is 50.3. The molecule has 3 atom stereocenters. The molecular formula is C48H91N2O6P. The van der Waals surface area contributed by atoms with Crippen molar-refractivity contribution < 1.29 is 32.9 Å². The molecule has 0 fully saturated rings. The number of amides is 1. The molecule has 0 aliphatic rings. The molecule has 0 radical (unpaired) electrons. The predicted octanol–water partition coefficient (Wildman–Crippen LogP) is 12.6. The normalized spacial score (nSPS) is 14.7. The Morgan fingerprint density at radius 2 is 0.982 bits per heavy atom. The first-order valence-electron chi connectivity index (χ1n) is 23.5. The first kappa shape index (κ1) is 55.5. The maximum absolute atomic E-state index is 12.9. The number of hydrogen-bond donors (Lipinski definition) is 2. The molecule has 0 saturated heterocycles. The number of likely N-dealkylation sites (N-methyl/N-ethyl adjacent to an activating group) is 1. The predicted molar refractivity (Wildman–Crippen MR) is 242 cm³/mol. The van der Waals surface area contributed by atoms with Crippen LogP contribution in [0.5, 0.6) is 0 Å². The Morgan fingerprint density at radius 1 is 0.596 bits per heavy atom. The number of aliphatic hydroxyl groups excluding tert-OH is 1. The molecule has 0 aromatic heterocycles. The van der Waals surface area contributed by atoms with Crippen molar-refractivity contribution in [2.24, 2.45) is 0 Å². The molecular weight excluding hydrogens is 732 g/mol. The van der Waals surface area contributed by atoms with E-state index in [0.29, 0.717) is 17.4 Å². The van der Waals surface area contributed by atoms with Crippen LogP contribution in [0.2, 0.25) is 0 Å². The van der Waals surface area contributed by atoms with Gasteiger partial charge in [0.2, 0.25) is 5.91 Å². The average molecular weight is 823 g/mol. The summed E-state index contributed by atoms with van der Waals surface area (Å²) in [6, 6.07) is -0.911. The van der Waals surface area contributed by atoms with Gasteiger partial charge in [0.1, 0.15) is 13.2 Å². The molecule has 0 aromatic carbocycles. The Kier molecular flexibility index (Phi) is 38.8. The van der Waals surface area contributed by atoms with E-state index in [0.717, 1.165) is 51.4 Å². The Morgan fingerprint density at radius 3 is 1.46 bits per heavy atom. The number of hydrogen-bond acceptors (Lipinski definition) is 6. The second-order valence-electron chi connectivity index (χ2n) is 17.1. The van der Waals surface area contributed by atoms with Crippen molar-refractivity contribution in [1.29, 1.82) is 0 Å². The second kappa shape index (κ2) is 39.9. The lowest BCUT2D eigenvalue weighted by molar-refractivity contribution is -0.870. The number of carbonyl (C=O) groups is 1. The SMILES string of the molecule is CCCCC/C=C/CC/C=C/CC/C=C/C(O)C(COP(=O)([O-])OCC[N+](C)(C)C)NC(=O)CCCCCCCCC/C=C\CCCCCCCCCCCCC. The van der Waals surface area contributed by atoms with Gasteiger partial charge in [0.05, 0.1) is 39.9 Å². The summed E-state index contributed by atoms with van der Waals surface area (Å²) in [7, 11) is 1.23. The molecule has 0 spiro atoms. The van der Waals surface area contributed by atoms with Gasteiger partial charge < -0.3 is 28.8 Å². The van der Waals surface area contributed by atoms with Crippen LogP contribution in [-0.4, -0.2) is 68.5 Å². The summed E-state index contributed by atoms with van der Waals surface area (Å²) >= 11 is 0. The van der Waals surface area contributed by atoms with E-state index in [9.17, 15) is 19.4 Å². The maximum Gasteiger partial charge on any atom is 0.268 e. The summed E-state index contributed by atoms with van der Waals surface area (Å²) < 4.78 is 23.2. The molecule has 0 aromatic rings. The van der Waals surface area contributed by atoms with Crippen molar-refractivity contribution in [2.75, 3.05) is 40.9 Å². The zero-order valence-corrected chi connectivity index (χ0v) is 38.7. The Hall–Kier alpha value is -1.54. The van der Waals surface area contributed by atoms with Crippen molar-refractivity contribution >= 4 is 13.7 Å². The smallest absolute Gasteiger partial charge is 0.268 e. The van der Waals surface area contributed by atoms with Crippen LogP contribution in [0.4, 0.5) is 0 Å². The fourth-order valence-corrected chi connectivity index (χ4v) is 7.19. The third-order valence-electron chi connectivity index (χ3n) is 10.2. The van der Waals surface area contributed by atoms with E-state index in [1.165, 1.54) is 128 Å². The third kappa shape index (κ3) is 42.4. The number of rotatable bonds is 42. The van der Waals surface area contributed by atoms with E-state index < -0.39 is 26.6 Å². The summed E-state index contributed by atoms with van der Waals surface area (Å²) in [6.45, 7) is 4.58. The number of phosphoric acid groups is 1. The average Bonchev–Trinajstić information content (AvgIpc) is 3.16. The van der Waals surface area contributed by atoms with E-state index in [2.05, 4.69) is 55.6 Å². The molecule has 2 N–H and O–H groups in total. The number of nitrogens with zero attached hydrogens (tertiary/aromatic N) is 1. The van der Waals surface area contributed by atoms with Crippen LogP contribution in [0, 0.1) is 0 Å². The van der Waals surface area contributed by atoms with Gasteiger partial charge in [-0.3, -0.25) is 9.36 Å². The highest BCUT2D eigenvalue weighted by Crippen LogP contribution is 2.38. The van der Waals surface area contributed by atoms with Crippen LogP contribution in [-0.2, 0) is 18.4 Å². The van der Waals surface area contributed by atoms with Crippen LogP contribution in [0.1, 0.15) is 200 Å². The molecule has 0 rings (SSSR count). The zero-order valence-electron chi connectivity index (χ0n) is 37.8. The Labute approximate surface area is 352 Å². The molecule has 3 unspecified atom stereocenters. The molecule has 57 heavy (non-hydrogen) atoms. The molecule has 334 valence electrons. The van der Waals surface area contributed by atoms with Gasteiger partial charge in [0, 0.05) is 6.42 Å². The van der Waals surface area contributed by atoms with Crippen molar-refractivity contribution in [3.8, 4) is 0 Å².